The monoisotopic (exact) mass is 308 g/mol. The minimum atomic E-state index is 0.655. The summed E-state index contributed by atoms with van der Waals surface area (Å²) in [6.45, 7) is 4.66. The topological polar surface area (TPSA) is 34.1 Å². The van der Waals surface area contributed by atoms with Crippen LogP contribution >= 0.6 is 22.9 Å². The predicted octanol–water partition coefficient (Wildman–Crippen LogP) is 3.37. The second-order valence-corrected chi connectivity index (χ2v) is 6.52. The highest BCUT2D eigenvalue weighted by Crippen LogP contribution is 2.24. The lowest BCUT2D eigenvalue weighted by molar-refractivity contribution is 0.319. The maximum Gasteiger partial charge on any atom is 0.122 e. The summed E-state index contributed by atoms with van der Waals surface area (Å²) in [5.74, 6) is 0.900. The Kier molecular flexibility index (Phi) is 4.24. The van der Waals surface area contributed by atoms with Crippen molar-refractivity contribution in [3.8, 4) is 5.75 Å². The molecule has 0 aliphatic carbocycles. The van der Waals surface area contributed by atoms with E-state index in [1.54, 1.807) is 11.3 Å². The molecule has 5 heteroatoms. The van der Waals surface area contributed by atoms with E-state index in [0.29, 0.717) is 6.61 Å². The van der Waals surface area contributed by atoms with Crippen LogP contribution in [0.25, 0.3) is 0 Å². The largest absolute Gasteiger partial charge is 0.493 e. The van der Waals surface area contributed by atoms with Gasteiger partial charge in [0.2, 0.25) is 0 Å². The fraction of sp³-hybridized carbons (Fsp3) is 0.400. The third kappa shape index (κ3) is 3.14. The van der Waals surface area contributed by atoms with Crippen molar-refractivity contribution in [2.24, 2.45) is 0 Å². The maximum atomic E-state index is 5.94. The van der Waals surface area contributed by atoms with Crippen LogP contribution in [0.5, 0.6) is 5.75 Å². The Labute approximate surface area is 127 Å². The molecule has 20 heavy (non-hydrogen) atoms. The summed E-state index contributed by atoms with van der Waals surface area (Å²) in [4.78, 5) is 6.08. The smallest absolute Gasteiger partial charge is 0.122 e. The molecule has 1 aliphatic rings. The minimum absolute atomic E-state index is 0.655. The average molecular weight is 309 g/mol. The van der Waals surface area contributed by atoms with Crippen molar-refractivity contribution in [2.75, 3.05) is 13.2 Å². The molecule has 0 unspecified atom stereocenters. The Morgan fingerprint density at radius 3 is 3.15 bits per heavy atom. The van der Waals surface area contributed by atoms with Crippen LogP contribution in [0.3, 0.4) is 0 Å². The number of ether oxygens (including phenoxy) is 1. The van der Waals surface area contributed by atoms with Crippen LogP contribution < -0.4 is 10.1 Å². The minimum Gasteiger partial charge on any atom is -0.493 e. The lowest BCUT2D eigenvalue weighted by atomic mass is 10.2. The molecule has 0 bridgehead atoms. The first-order chi connectivity index (χ1) is 9.72. The third-order valence-corrected chi connectivity index (χ3v) is 4.75. The number of benzene rings is 1. The van der Waals surface area contributed by atoms with Crippen molar-refractivity contribution < 1.29 is 4.74 Å². The zero-order chi connectivity index (χ0) is 13.9. The molecule has 0 fully saturated rings. The molecular weight excluding hydrogens is 292 g/mol. The van der Waals surface area contributed by atoms with Crippen LogP contribution in [0.4, 0.5) is 0 Å². The SMILES string of the molecule is Cc1cc(Cl)ccc1OCCc1nc2c(s1)CNCC2. The molecule has 1 aromatic carbocycles. The predicted molar refractivity (Wildman–Crippen MR) is 82.9 cm³/mol. The lowest BCUT2D eigenvalue weighted by Crippen LogP contribution is -2.22. The van der Waals surface area contributed by atoms with Gasteiger partial charge in [0.15, 0.2) is 0 Å². The second-order valence-electron chi connectivity index (χ2n) is 4.91. The van der Waals surface area contributed by atoms with Crippen molar-refractivity contribution in [3.05, 3.63) is 44.4 Å². The Morgan fingerprint density at radius 2 is 2.35 bits per heavy atom. The number of thiazole rings is 1. The van der Waals surface area contributed by atoms with E-state index in [9.17, 15) is 0 Å². The van der Waals surface area contributed by atoms with E-state index in [1.807, 2.05) is 25.1 Å². The van der Waals surface area contributed by atoms with Crippen LogP contribution in [0.2, 0.25) is 5.02 Å². The van der Waals surface area contributed by atoms with Crippen molar-refractivity contribution in [3.63, 3.8) is 0 Å². The Balaban J connectivity index is 1.58. The van der Waals surface area contributed by atoms with Crippen LogP contribution in [0, 0.1) is 6.92 Å². The molecule has 1 aliphatic heterocycles. The molecule has 3 nitrogen and oxygen atoms in total. The lowest BCUT2D eigenvalue weighted by Gasteiger charge is -2.09. The van der Waals surface area contributed by atoms with Gasteiger partial charge in [0.05, 0.1) is 17.3 Å². The van der Waals surface area contributed by atoms with Gasteiger partial charge in [-0.1, -0.05) is 11.6 Å². The molecule has 106 valence electrons. The number of hydrogen-bond acceptors (Lipinski definition) is 4. The highest BCUT2D eigenvalue weighted by atomic mass is 35.5. The van der Waals surface area contributed by atoms with Crippen LogP contribution in [-0.4, -0.2) is 18.1 Å². The standard InChI is InChI=1S/C15H17ClN2OS/c1-10-8-11(16)2-3-13(10)19-7-5-15-18-12-4-6-17-9-14(12)20-15/h2-3,8,17H,4-7,9H2,1H3. The number of aromatic nitrogens is 1. The van der Waals surface area contributed by atoms with Gasteiger partial charge in [0.1, 0.15) is 5.75 Å². The molecule has 2 heterocycles. The first-order valence-electron chi connectivity index (χ1n) is 6.79. The van der Waals surface area contributed by atoms with E-state index in [1.165, 1.54) is 15.6 Å². The quantitative estimate of drug-likeness (QED) is 0.940. The van der Waals surface area contributed by atoms with E-state index in [4.69, 9.17) is 21.3 Å². The molecule has 0 saturated heterocycles. The molecule has 1 aromatic heterocycles. The van der Waals surface area contributed by atoms with E-state index in [-0.39, 0.29) is 0 Å². The highest BCUT2D eigenvalue weighted by molar-refractivity contribution is 7.11. The second kappa shape index (κ2) is 6.12. The molecule has 0 saturated carbocycles. The van der Waals surface area contributed by atoms with Crippen LogP contribution in [-0.2, 0) is 19.4 Å². The van der Waals surface area contributed by atoms with Crippen molar-refractivity contribution in [1.29, 1.82) is 0 Å². The van der Waals surface area contributed by atoms with Crippen LogP contribution in [0.15, 0.2) is 18.2 Å². The van der Waals surface area contributed by atoms with Gasteiger partial charge in [-0.05, 0) is 30.7 Å². The zero-order valence-electron chi connectivity index (χ0n) is 11.4. The van der Waals surface area contributed by atoms with E-state index >= 15 is 0 Å². The summed E-state index contributed by atoms with van der Waals surface area (Å²) in [6.07, 6.45) is 1.91. The highest BCUT2D eigenvalue weighted by Gasteiger charge is 2.14. The molecule has 3 rings (SSSR count). The zero-order valence-corrected chi connectivity index (χ0v) is 13.0. The van der Waals surface area contributed by atoms with Crippen LogP contribution in [0.1, 0.15) is 21.1 Å². The number of aryl methyl sites for hydroxylation is 1. The number of nitrogens with one attached hydrogen (secondary N) is 1. The van der Waals surface area contributed by atoms with Crippen molar-refractivity contribution in [2.45, 2.75) is 26.3 Å². The first-order valence-corrected chi connectivity index (χ1v) is 7.99. The van der Waals surface area contributed by atoms with Gasteiger partial charge in [0.25, 0.3) is 0 Å². The fourth-order valence-electron chi connectivity index (χ4n) is 2.31. The summed E-state index contributed by atoms with van der Waals surface area (Å²) in [5, 5.41) is 5.29. The van der Waals surface area contributed by atoms with Gasteiger partial charge in [-0.15, -0.1) is 11.3 Å². The molecule has 0 amide bonds. The molecular formula is C15H17ClN2OS. The Hall–Kier alpha value is -1.10. The molecule has 1 N–H and O–H groups in total. The van der Waals surface area contributed by atoms with E-state index < -0.39 is 0 Å². The summed E-state index contributed by atoms with van der Waals surface area (Å²) >= 11 is 7.74. The van der Waals surface area contributed by atoms with Gasteiger partial charge in [0, 0.05) is 35.8 Å². The fourth-order valence-corrected chi connectivity index (χ4v) is 3.60. The first kappa shape index (κ1) is 13.9. The molecule has 0 radical (unpaired) electrons. The average Bonchev–Trinajstić information content (AvgIpc) is 2.84. The van der Waals surface area contributed by atoms with Crippen molar-refractivity contribution in [1.82, 2.24) is 10.3 Å². The van der Waals surface area contributed by atoms with Crippen molar-refractivity contribution >= 4 is 22.9 Å². The van der Waals surface area contributed by atoms with E-state index in [2.05, 4.69) is 5.32 Å². The molecule has 0 spiro atoms. The van der Waals surface area contributed by atoms with E-state index in [0.717, 1.165) is 42.3 Å². The summed E-state index contributed by atoms with van der Waals surface area (Å²) in [6, 6.07) is 5.71. The third-order valence-electron chi connectivity index (χ3n) is 3.36. The van der Waals surface area contributed by atoms with Gasteiger partial charge in [-0.2, -0.15) is 0 Å². The van der Waals surface area contributed by atoms with Gasteiger partial charge in [-0.25, -0.2) is 4.98 Å². The maximum absolute atomic E-state index is 5.94. The molecule has 0 atom stereocenters. The number of fused-ring (bicyclic) bond motifs is 1. The summed E-state index contributed by atoms with van der Waals surface area (Å²) in [7, 11) is 0. The number of rotatable bonds is 4. The van der Waals surface area contributed by atoms with Gasteiger partial charge in [-0.3, -0.25) is 0 Å². The van der Waals surface area contributed by atoms with Gasteiger partial charge < -0.3 is 10.1 Å². The molecule has 2 aromatic rings. The number of halogens is 1. The summed E-state index contributed by atoms with van der Waals surface area (Å²) in [5.41, 5.74) is 2.34. The Morgan fingerprint density at radius 1 is 1.45 bits per heavy atom. The number of nitrogens with zero attached hydrogens (tertiary/aromatic N) is 1. The number of hydrogen-bond donors (Lipinski definition) is 1. The van der Waals surface area contributed by atoms with Gasteiger partial charge >= 0.3 is 0 Å². The Bertz CT molecular complexity index is 588. The normalized spacial score (nSPS) is 14.1. The summed E-state index contributed by atoms with van der Waals surface area (Å²) < 4.78 is 5.82.